The molecule has 0 spiro atoms. The first kappa shape index (κ1) is 14.4. The van der Waals surface area contributed by atoms with Gasteiger partial charge in [0.05, 0.1) is 12.1 Å². The number of aromatic nitrogens is 3. The van der Waals surface area contributed by atoms with Crippen LogP contribution in [0.5, 0.6) is 0 Å². The molecule has 3 heterocycles. The summed E-state index contributed by atoms with van der Waals surface area (Å²) in [6, 6.07) is 5.47. The fourth-order valence-corrected chi connectivity index (χ4v) is 2.97. The molecule has 0 fully saturated rings. The van der Waals surface area contributed by atoms with Gasteiger partial charge in [0.25, 0.3) is 5.91 Å². The number of carbonyl (C=O) groups excluding carboxylic acids is 1. The Morgan fingerprint density at radius 3 is 2.77 bits per heavy atom. The van der Waals surface area contributed by atoms with Crippen molar-refractivity contribution in [1.82, 2.24) is 20.4 Å². The van der Waals surface area contributed by atoms with Crippen LogP contribution in [0.3, 0.4) is 0 Å². The smallest absolute Gasteiger partial charge is 0.252 e. The van der Waals surface area contributed by atoms with E-state index in [4.69, 9.17) is 4.52 Å². The fourth-order valence-electron chi connectivity index (χ4n) is 2.05. The summed E-state index contributed by atoms with van der Waals surface area (Å²) in [5.41, 5.74) is 1.51. The van der Waals surface area contributed by atoms with E-state index in [1.54, 1.807) is 35.9 Å². The minimum absolute atomic E-state index is 0.134. The molecular weight excluding hydrogens is 300 g/mol. The first-order valence-corrected chi connectivity index (χ1v) is 7.53. The molecule has 0 aliphatic heterocycles. The molecule has 7 heteroatoms. The molecule has 0 unspecified atom stereocenters. The molecule has 0 aliphatic rings. The molecule has 1 N–H and O–H groups in total. The van der Waals surface area contributed by atoms with Gasteiger partial charge >= 0.3 is 0 Å². The van der Waals surface area contributed by atoms with Crippen molar-refractivity contribution in [3.63, 3.8) is 0 Å². The number of nitrogens with zero attached hydrogens (tertiary/aromatic N) is 3. The standard InChI is InChI=1S/C15H14N4O2S/c1-9-7-12(10(2)22-9)15(20)17-8-13-18-14(19-21-13)11-3-5-16-6-4-11/h3-7H,8H2,1-2H3,(H,17,20). The second-order valence-electron chi connectivity index (χ2n) is 4.76. The van der Waals surface area contributed by atoms with E-state index in [2.05, 4.69) is 20.4 Å². The summed E-state index contributed by atoms with van der Waals surface area (Å²) in [7, 11) is 0. The number of amides is 1. The summed E-state index contributed by atoms with van der Waals surface area (Å²) in [5.74, 6) is 0.712. The summed E-state index contributed by atoms with van der Waals surface area (Å²) in [6.07, 6.45) is 3.32. The van der Waals surface area contributed by atoms with E-state index >= 15 is 0 Å². The van der Waals surface area contributed by atoms with Crippen molar-refractivity contribution < 1.29 is 9.32 Å². The number of hydrogen-bond acceptors (Lipinski definition) is 6. The van der Waals surface area contributed by atoms with Gasteiger partial charge in [-0.25, -0.2) is 0 Å². The average molecular weight is 314 g/mol. The van der Waals surface area contributed by atoms with Crippen molar-refractivity contribution in [3.8, 4) is 11.4 Å². The van der Waals surface area contributed by atoms with Crippen LogP contribution < -0.4 is 5.32 Å². The first-order valence-electron chi connectivity index (χ1n) is 6.71. The van der Waals surface area contributed by atoms with Crippen molar-refractivity contribution >= 4 is 17.2 Å². The molecule has 0 aliphatic carbocycles. The highest BCUT2D eigenvalue weighted by Crippen LogP contribution is 2.20. The first-order chi connectivity index (χ1) is 10.6. The molecule has 0 bridgehead atoms. The number of rotatable bonds is 4. The van der Waals surface area contributed by atoms with Gasteiger partial charge in [0.15, 0.2) is 0 Å². The zero-order chi connectivity index (χ0) is 15.5. The quantitative estimate of drug-likeness (QED) is 0.801. The topological polar surface area (TPSA) is 80.9 Å². The van der Waals surface area contributed by atoms with Crippen molar-refractivity contribution in [2.45, 2.75) is 20.4 Å². The van der Waals surface area contributed by atoms with Gasteiger partial charge in [0.2, 0.25) is 11.7 Å². The van der Waals surface area contributed by atoms with Gasteiger partial charge in [-0.15, -0.1) is 11.3 Å². The number of aryl methyl sites for hydroxylation is 2. The van der Waals surface area contributed by atoms with Gasteiger partial charge in [0, 0.05) is 27.7 Å². The Morgan fingerprint density at radius 1 is 1.32 bits per heavy atom. The fraction of sp³-hybridized carbons (Fsp3) is 0.200. The number of carbonyl (C=O) groups is 1. The highest BCUT2D eigenvalue weighted by Gasteiger charge is 2.14. The third-order valence-electron chi connectivity index (χ3n) is 3.09. The van der Waals surface area contributed by atoms with E-state index in [9.17, 15) is 4.79 Å². The largest absolute Gasteiger partial charge is 0.343 e. The van der Waals surface area contributed by atoms with Crippen LogP contribution in [0.2, 0.25) is 0 Å². The molecule has 0 saturated heterocycles. The Morgan fingerprint density at radius 2 is 2.09 bits per heavy atom. The molecule has 112 valence electrons. The third kappa shape index (κ3) is 3.04. The van der Waals surface area contributed by atoms with Crippen molar-refractivity contribution in [3.05, 3.63) is 51.8 Å². The lowest BCUT2D eigenvalue weighted by Gasteiger charge is -2.00. The van der Waals surface area contributed by atoms with Gasteiger partial charge in [-0.05, 0) is 32.0 Å². The van der Waals surface area contributed by atoms with Crippen LogP contribution in [0.1, 0.15) is 26.0 Å². The molecule has 0 atom stereocenters. The van der Waals surface area contributed by atoms with Crippen LogP contribution in [0.4, 0.5) is 0 Å². The van der Waals surface area contributed by atoms with E-state index < -0.39 is 0 Å². The molecule has 3 rings (SSSR count). The summed E-state index contributed by atoms with van der Waals surface area (Å²) in [5, 5.41) is 6.69. The Bertz CT molecular complexity index is 795. The molecule has 6 nitrogen and oxygen atoms in total. The maximum atomic E-state index is 12.1. The maximum Gasteiger partial charge on any atom is 0.252 e. The van der Waals surface area contributed by atoms with Crippen molar-refractivity contribution in [2.24, 2.45) is 0 Å². The number of hydrogen-bond donors (Lipinski definition) is 1. The van der Waals surface area contributed by atoms with E-state index in [1.807, 2.05) is 19.9 Å². The SMILES string of the molecule is Cc1cc(C(=O)NCc2nc(-c3ccncc3)no2)c(C)s1. The third-order valence-corrected chi connectivity index (χ3v) is 4.06. The van der Waals surface area contributed by atoms with Gasteiger partial charge in [-0.1, -0.05) is 5.16 Å². The average Bonchev–Trinajstić information content (AvgIpc) is 3.12. The van der Waals surface area contributed by atoms with E-state index in [0.29, 0.717) is 17.3 Å². The Labute approximate surface area is 131 Å². The Balaban J connectivity index is 1.66. The molecular formula is C15H14N4O2S. The predicted molar refractivity (Wildman–Crippen MR) is 82.5 cm³/mol. The van der Waals surface area contributed by atoms with Gasteiger partial charge in [-0.2, -0.15) is 4.98 Å². The lowest BCUT2D eigenvalue weighted by atomic mass is 10.2. The van der Waals surface area contributed by atoms with E-state index in [1.165, 1.54) is 0 Å². The zero-order valence-electron chi connectivity index (χ0n) is 12.2. The maximum absolute atomic E-state index is 12.1. The second-order valence-corrected chi connectivity index (χ2v) is 6.22. The highest BCUT2D eigenvalue weighted by molar-refractivity contribution is 7.12. The monoisotopic (exact) mass is 314 g/mol. The zero-order valence-corrected chi connectivity index (χ0v) is 13.0. The van der Waals surface area contributed by atoms with Crippen molar-refractivity contribution in [1.29, 1.82) is 0 Å². The number of nitrogens with one attached hydrogen (secondary N) is 1. The lowest BCUT2D eigenvalue weighted by molar-refractivity contribution is 0.0946. The van der Waals surface area contributed by atoms with Gasteiger partial charge in [0.1, 0.15) is 0 Å². The summed E-state index contributed by atoms with van der Waals surface area (Å²) < 4.78 is 5.15. The minimum atomic E-state index is -0.134. The molecule has 22 heavy (non-hydrogen) atoms. The summed E-state index contributed by atoms with van der Waals surface area (Å²) in [6.45, 7) is 4.11. The normalized spacial score (nSPS) is 10.6. The van der Waals surface area contributed by atoms with Gasteiger partial charge in [-0.3, -0.25) is 9.78 Å². The van der Waals surface area contributed by atoms with Crippen LogP contribution in [-0.4, -0.2) is 21.0 Å². The number of thiophene rings is 1. The highest BCUT2D eigenvalue weighted by atomic mass is 32.1. The number of pyridine rings is 1. The molecule has 3 aromatic heterocycles. The summed E-state index contributed by atoms with van der Waals surface area (Å²) in [4.78, 5) is 22.4. The lowest BCUT2D eigenvalue weighted by Crippen LogP contribution is -2.23. The van der Waals surface area contributed by atoms with Crippen LogP contribution in [-0.2, 0) is 6.54 Å². The molecule has 1 amide bonds. The Kier molecular flexibility index (Phi) is 3.97. The molecule has 0 aromatic carbocycles. The van der Waals surface area contributed by atoms with Gasteiger partial charge < -0.3 is 9.84 Å². The predicted octanol–water partition coefficient (Wildman–Crippen LogP) is 2.74. The van der Waals surface area contributed by atoms with Crippen LogP contribution in [0.15, 0.2) is 35.1 Å². The molecule has 0 radical (unpaired) electrons. The second kappa shape index (κ2) is 6.07. The van der Waals surface area contributed by atoms with E-state index in [-0.39, 0.29) is 12.5 Å². The molecule has 0 saturated carbocycles. The van der Waals surface area contributed by atoms with Crippen LogP contribution >= 0.6 is 11.3 Å². The van der Waals surface area contributed by atoms with Crippen LogP contribution in [0, 0.1) is 13.8 Å². The van der Waals surface area contributed by atoms with Crippen molar-refractivity contribution in [2.75, 3.05) is 0 Å². The Hall–Kier alpha value is -2.54. The summed E-state index contributed by atoms with van der Waals surface area (Å²) >= 11 is 1.60. The minimum Gasteiger partial charge on any atom is -0.343 e. The molecule has 3 aromatic rings. The van der Waals surface area contributed by atoms with E-state index in [0.717, 1.165) is 15.3 Å². The van der Waals surface area contributed by atoms with Crippen LogP contribution in [0.25, 0.3) is 11.4 Å².